The molecule has 2 rings (SSSR count). The van der Waals surface area contributed by atoms with E-state index >= 15 is 0 Å². The van der Waals surface area contributed by atoms with Crippen LogP contribution in [0.4, 0.5) is 0 Å². The Morgan fingerprint density at radius 3 is 2.71 bits per heavy atom. The van der Waals surface area contributed by atoms with Crippen LogP contribution in [0, 0.1) is 6.92 Å². The lowest BCUT2D eigenvalue weighted by Gasteiger charge is -2.10. The molecule has 0 spiro atoms. The van der Waals surface area contributed by atoms with Crippen LogP contribution in [0.15, 0.2) is 35.1 Å². The molecule has 0 amide bonds. The third kappa shape index (κ3) is 2.28. The lowest BCUT2D eigenvalue weighted by molar-refractivity contribution is -0.117. The van der Waals surface area contributed by atoms with Crippen LogP contribution in [-0.2, 0) is 11.3 Å². The Morgan fingerprint density at radius 1 is 1.29 bits per heavy atom. The molecule has 0 saturated carbocycles. The molecule has 3 nitrogen and oxygen atoms in total. The topological polar surface area (TPSA) is 39.1 Å². The summed E-state index contributed by atoms with van der Waals surface area (Å²) in [5.41, 5.74) is 1.84. The van der Waals surface area contributed by atoms with E-state index in [0.29, 0.717) is 13.0 Å². The summed E-state index contributed by atoms with van der Waals surface area (Å²) in [6.45, 7) is 3.93. The van der Waals surface area contributed by atoms with E-state index in [-0.39, 0.29) is 11.3 Å². The first-order valence-electron chi connectivity index (χ1n) is 5.68. The fraction of sp³-hybridized carbons (Fsp3) is 0.286. The maximum Gasteiger partial charge on any atom is 0.251 e. The van der Waals surface area contributed by atoms with Crippen LogP contribution < -0.4 is 5.56 Å². The Hall–Kier alpha value is -1.90. The van der Waals surface area contributed by atoms with Gasteiger partial charge in [-0.25, -0.2) is 0 Å². The highest BCUT2D eigenvalue weighted by atomic mass is 16.1. The van der Waals surface area contributed by atoms with Gasteiger partial charge >= 0.3 is 0 Å². The standard InChI is InChI=1S/C14H15NO2/c1-10-9-14(17)15(8-7-11(2)16)13-6-4-3-5-12(10)13/h3-6,9H,7-8H2,1-2H3. The zero-order valence-corrected chi connectivity index (χ0v) is 10.1. The number of aryl methyl sites for hydroxylation is 2. The maximum absolute atomic E-state index is 11.9. The molecule has 0 aliphatic rings. The van der Waals surface area contributed by atoms with Crippen molar-refractivity contribution in [2.45, 2.75) is 26.8 Å². The van der Waals surface area contributed by atoms with Crippen LogP contribution in [-0.4, -0.2) is 10.4 Å². The Bertz CT molecular complexity index is 626. The molecule has 0 aliphatic heterocycles. The van der Waals surface area contributed by atoms with Gasteiger partial charge in [-0.15, -0.1) is 0 Å². The van der Waals surface area contributed by atoms with E-state index < -0.39 is 0 Å². The molecule has 0 fully saturated rings. The van der Waals surface area contributed by atoms with Gasteiger partial charge in [-0.2, -0.15) is 0 Å². The molecule has 0 radical (unpaired) electrons. The molecule has 17 heavy (non-hydrogen) atoms. The fourth-order valence-electron chi connectivity index (χ4n) is 2.00. The summed E-state index contributed by atoms with van der Waals surface area (Å²) < 4.78 is 1.67. The van der Waals surface area contributed by atoms with Gasteiger partial charge in [-0.1, -0.05) is 18.2 Å². The van der Waals surface area contributed by atoms with Gasteiger partial charge in [0, 0.05) is 24.4 Å². The van der Waals surface area contributed by atoms with E-state index in [9.17, 15) is 9.59 Å². The second-order valence-electron chi connectivity index (χ2n) is 4.29. The van der Waals surface area contributed by atoms with Crippen LogP contribution in [0.2, 0.25) is 0 Å². The van der Waals surface area contributed by atoms with E-state index in [2.05, 4.69) is 0 Å². The number of hydrogen-bond donors (Lipinski definition) is 0. The number of aromatic nitrogens is 1. The van der Waals surface area contributed by atoms with Crippen molar-refractivity contribution in [3.63, 3.8) is 0 Å². The summed E-state index contributed by atoms with van der Waals surface area (Å²) in [6.07, 6.45) is 0.396. The lowest BCUT2D eigenvalue weighted by atomic mass is 10.1. The smallest absolute Gasteiger partial charge is 0.251 e. The molecule has 0 aliphatic carbocycles. The minimum atomic E-state index is -0.0394. The third-order valence-corrected chi connectivity index (χ3v) is 2.91. The van der Waals surface area contributed by atoms with E-state index in [4.69, 9.17) is 0 Å². The fourth-order valence-corrected chi connectivity index (χ4v) is 2.00. The van der Waals surface area contributed by atoms with Crippen LogP contribution in [0.1, 0.15) is 18.9 Å². The molecular weight excluding hydrogens is 214 g/mol. The number of benzene rings is 1. The highest BCUT2D eigenvalue weighted by molar-refractivity contribution is 5.82. The number of para-hydroxylation sites is 1. The van der Waals surface area contributed by atoms with Gasteiger partial charge in [-0.05, 0) is 25.5 Å². The van der Waals surface area contributed by atoms with Gasteiger partial charge in [0.1, 0.15) is 5.78 Å². The van der Waals surface area contributed by atoms with Crippen molar-refractivity contribution in [3.05, 3.63) is 46.2 Å². The first-order chi connectivity index (χ1) is 8.09. The second-order valence-corrected chi connectivity index (χ2v) is 4.29. The van der Waals surface area contributed by atoms with Crippen LogP contribution in [0.25, 0.3) is 10.9 Å². The van der Waals surface area contributed by atoms with Crippen molar-refractivity contribution in [1.29, 1.82) is 0 Å². The number of rotatable bonds is 3. The van der Waals surface area contributed by atoms with Gasteiger partial charge in [0.05, 0.1) is 5.52 Å². The Balaban J connectivity index is 2.61. The number of hydrogen-bond acceptors (Lipinski definition) is 2. The van der Waals surface area contributed by atoms with E-state index in [1.54, 1.807) is 17.6 Å². The van der Waals surface area contributed by atoms with E-state index in [0.717, 1.165) is 16.5 Å². The summed E-state index contributed by atoms with van der Waals surface area (Å²) in [4.78, 5) is 22.9. The van der Waals surface area contributed by atoms with Gasteiger partial charge in [0.25, 0.3) is 5.56 Å². The highest BCUT2D eigenvalue weighted by Gasteiger charge is 2.06. The average Bonchev–Trinajstić information content (AvgIpc) is 2.28. The molecule has 0 bridgehead atoms. The van der Waals surface area contributed by atoms with Crippen molar-refractivity contribution >= 4 is 16.7 Å². The predicted octanol–water partition coefficient (Wildman–Crippen LogP) is 2.29. The SMILES string of the molecule is CC(=O)CCn1c(=O)cc(C)c2ccccc21. The van der Waals surface area contributed by atoms with Crippen LogP contribution >= 0.6 is 0 Å². The second kappa shape index (κ2) is 4.53. The average molecular weight is 229 g/mol. The molecule has 1 aromatic heterocycles. The van der Waals surface area contributed by atoms with Gasteiger partial charge in [-0.3, -0.25) is 9.59 Å². The highest BCUT2D eigenvalue weighted by Crippen LogP contribution is 2.15. The van der Waals surface area contributed by atoms with Crippen molar-refractivity contribution in [2.75, 3.05) is 0 Å². The zero-order valence-electron chi connectivity index (χ0n) is 10.1. The molecular formula is C14H15NO2. The number of fused-ring (bicyclic) bond motifs is 1. The number of carbonyl (C=O) groups is 1. The van der Waals surface area contributed by atoms with E-state index in [1.807, 2.05) is 31.2 Å². The van der Waals surface area contributed by atoms with Crippen molar-refractivity contribution in [1.82, 2.24) is 4.57 Å². The number of pyridine rings is 1. The quantitative estimate of drug-likeness (QED) is 0.810. The molecule has 0 N–H and O–H groups in total. The van der Waals surface area contributed by atoms with Crippen molar-refractivity contribution in [2.24, 2.45) is 0 Å². The zero-order chi connectivity index (χ0) is 12.4. The molecule has 0 saturated heterocycles. The summed E-state index contributed by atoms with van der Waals surface area (Å²) in [5.74, 6) is 0.0987. The van der Waals surface area contributed by atoms with Gasteiger partial charge in [0.15, 0.2) is 0 Å². The number of ketones is 1. The molecule has 88 valence electrons. The molecule has 1 aromatic carbocycles. The van der Waals surface area contributed by atoms with Gasteiger partial charge in [0.2, 0.25) is 0 Å². The first-order valence-corrected chi connectivity index (χ1v) is 5.68. The number of nitrogens with zero attached hydrogens (tertiary/aromatic N) is 1. The Morgan fingerprint density at radius 2 is 2.00 bits per heavy atom. The molecule has 0 unspecified atom stereocenters. The Kier molecular flexibility index (Phi) is 3.09. The minimum absolute atomic E-state index is 0.0394. The largest absolute Gasteiger partial charge is 0.308 e. The number of carbonyl (C=O) groups excluding carboxylic acids is 1. The Labute approximate surface area is 99.7 Å². The molecule has 1 heterocycles. The monoisotopic (exact) mass is 229 g/mol. The summed E-state index contributed by atoms with van der Waals surface area (Å²) in [7, 11) is 0. The first kappa shape index (κ1) is 11.6. The summed E-state index contributed by atoms with van der Waals surface area (Å²) >= 11 is 0. The summed E-state index contributed by atoms with van der Waals surface area (Å²) in [6, 6.07) is 9.40. The lowest BCUT2D eigenvalue weighted by Crippen LogP contribution is -2.21. The minimum Gasteiger partial charge on any atom is -0.308 e. The molecule has 3 heteroatoms. The van der Waals surface area contributed by atoms with Crippen LogP contribution in [0.3, 0.4) is 0 Å². The van der Waals surface area contributed by atoms with Crippen LogP contribution in [0.5, 0.6) is 0 Å². The van der Waals surface area contributed by atoms with Gasteiger partial charge < -0.3 is 4.57 Å². The van der Waals surface area contributed by atoms with E-state index in [1.165, 1.54) is 0 Å². The maximum atomic E-state index is 11.9. The van der Waals surface area contributed by atoms with Crippen molar-refractivity contribution < 1.29 is 4.79 Å². The predicted molar refractivity (Wildman–Crippen MR) is 68.2 cm³/mol. The summed E-state index contributed by atoms with van der Waals surface area (Å²) in [5, 5.41) is 1.07. The normalized spacial score (nSPS) is 10.7. The molecule has 0 atom stereocenters. The number of Topliss-reactive ketones (excluding diaryl/α,β-unsaturated/α-hetero) is 1. The third-order valence-electron chi connectivity index (χ3n) is 2.91. The molecule has 2 aromatic rings. The van der Waals surface area contributed by atoms with Crippen molar-refractivity contribution in [3.8, 4) is 0 Å².